The quantitative estimate of drug-likeness (QED) is 0.756. The summed E-state index contributed by atoms with van der Waals surface area (Å²) in [5, 5.41) is 3.75. The Morgan fingerprint density at radius 2 is 1.84 bits per heavy atom. The molecule has 2 heteroatoms. The average Bonchev–Trinajstić information content (AvgIpc) is 2.45. The van der Waals surface area contributed by atoms with Crippen LogP contribution in [0.25, 0.3) is 0 Å². The molecule has 2 fully saturated rings. The molecule has 0 spiro atoms. The fourth-order valence-corrected chi connectivity index (χ4v) is 4.11. The molecule has 1 aliphatic heterocycles. The largest absolute Gasteiger partial charge is 0.313 e. The Morgan fingerprint density at radius 1 is 1.05 bits per heavy atom. The second-order valence-corrected chi connectivity index (χ2v) is 6.79. The van der Waals surface area contributed by atoms with Crippen molar-refractivity contribution in [1.29, 1.82) is 0 Å². The lowest BCUT2D eigenvalue weighted by Gasteiger charge is -2.42. The van der Waals surface area contributed by atoms with Crippen molar-refractivity contribution in [3.05, 3.63) is 0 Å². The predicted molar refractivity (Wildman–Crippen MR) is 83.5 cm³/mol. The molecule has 112 valence electrons. The van der Waals surface area contributed by atoms with Crippen LogP contribution >= 0.6 is 0 Å². The summed E-state index contributed by atoms with van der Waals surface area (Å²) in [5.41, 5.74) is 0. The van der Waals surface area contributed by atoms with E-state index in [9.17, 15) is 0 Å². The van der Waals surface area contributed by atoms with Gasteiger partial charge in [-0.3, -0.25) is 0 Å². The summed E-state index contributed by atoms with van der Waals surface area (Å²) >= 11 is 0. The van der Waals surface area contributed by atoms with Crippen LogP contribution in [0.3, 0.4) is 0 Å². The van der Waals surface area contributed by atoms with Crippen LogP contribution in [0.15, 0.2) is 0 Å². The number of fused-ring (bicyclic) bond motifs is 1. The van der Waals surface area contributed by atoms with Crippen molar-refractivity contribution in [3.8, 4) is 0 Å². The molecule has 1 N–H and O–H groups in total. The van der Waals surface area contributed by atoms with Gasteiger partial charge in [0.25, 0.3) is 0 Å². The molecule has 0 aromatic heterocycles. The third-order valence-electron chi connectivity index (χ3n) is 5.17. The normalized spacial score (nSPS) is 30.0. The van der Waals surface area contributed by atoms with Gasteiger partial charge in [-0.05, 0) is 50.6 Å². The molecule has 19 heavy (non-hydrogen) atoms. The van der Waals surface area contributed by atoms with E-state index in [1.807, 2.05) is 0 Å². The van der Waals surface area contributed by atoms with E-state index in [4.69, 9.17) is 0 Å². The molecule has 0 aromatic rings. The Kier molecular flexibility index (Phi) is 6.66. The molecule has 1 heterocycles. The molecule has 1 saturated heterocycles. The number of hydrogen-bond acceptors (Lipinski definition) is 2. The van der Waals surface area contributed by atoms with E-state index in [0.717, 1.165) is 17.9 Å². The lowest BCUT2D eigenvalue weighted by Crippen LogP contribution is -2.48. The van der Waals surface area contributed by atoms with Gasteiger partial charge in [-0.15, -0.1) is 0 Å². The third-order valence-corrected chi connectivity index (χ3v) is 5.17. The Balaban J connectivity index is 1.77. The lowest BCUT2D eigenvalue weighted by atomic mass is 9.75. The first-order valence-corrected chi connectivity index (χ1v) is 8.79. The van der Waals surface area contributed by atoms with Crippen LogP contribution < -0.4 is 5.32 Å². The summed E-state index contributed by atoms with van der Waals surface area (Å²) in [6.45, 7) is 9.80. The highest BCUT2D eigenvalue weighted by Crippen LogP contribution is 2.36. The maximum Gasteiger partial charge on any atom is 0.0194 e. The van der Waals surface area contributed by atoms with Gasteiger partial charge in [0.2, 0.25) is 0 Å². The summed E-state index contributed by atoms with van der Waals surface area (Å²) < 4.78 is 0. The number of piperidine rings is 1. The van der Waals surface area contributed by atoms with Crippen molar-refractivity contribution >= 4 is 0 Å². The van der Waals surface area contributed by atoms with Gasteiger partial charge in [0.15, 0.2) is 0 Å². The van der Waals surface area contributed by atoms with Gasteiger partial charge in [0, 0.05) is 19.1 Å². The van der Waals surface area contributed by atoms with Gasteiger partial charge >= 0.3 is 0 Å². The maximum absolute atomic E-state index is 3.75. The van der Waals surface area contributed by atoms with Crippen LogP contribution in [0.4, 0.5) is 0 Å². The van der Waals surface area contributed by atoms with E-state index in [0.29, 0.717) is 0 Å². The van der Waals surface area contributed by atoms with Gasteiger partial charge in [-0.25, -0.2) is 0 Å². The fourth-order valence-electron chi connectivity index (χ4n) is 4.11. The molecule has 2 rings (SSSR count). The van der Waals surface area contributed by atoms with E-state index in [1.54, 1.807) is 0 Å². The number of likely N-dealkylation sites (tertiary alicyclic amines) is 1. The van der Waals surface area contributed by atoms with Crippen molar-refractivity contribution in [2.24, 2.45) is 11.8 Å². The highest BCUT2D eigenvalue weighted by molar-refractivity contribution is 4.85. The molecule has 0 amide bonds. The number of rotatable bonds is 7. The highest BCUT2D eigenvalue weighted by Gasteiger charge is 2.31. The first kappa shape index (κ1) is 15.3. The molecule has 1 aliphatic carbocycles. The molecular formula is C17H34N2. The van der Waals surface area contributed by atoms with Crippen LogP contribution in [0.1, 0.15) is 65.2 Å². The summed E-state index contributed by atoms with van der Waals surface area (Å²) in [4.78, 5) is 2.76. The van der Waals surface area contributed by atoms with Gasteiger partial charge in [0.05, 0.1) is 0 Å². The van der Waals surface area contributed by atoms with Crippen molar-refractivity contribution < 1.29 is 0 Å². The molecule has 3 atom stereocenters. The topological polar surface area (TPSA) is 15.3 Å². The van der Waals surface area contributed by atoms with Crippen LogP contribution in [0, 0.1) is 11.8 Å². The summed E-state index contributed by atoms with van der Waals surface area (Å²) in [7, 11) is 0. The highest BCUT2D eigenvalue weighted by atomic mass is 15.2. The van der Waals surface area contributed by atoms with Crippen LogP contribution in [-0.2, 0) is 0 Å². The summed E-state index contributed by atoms with van der Waals surface area (Å²) in [5.74, 6) is 2.09. The zero-order valence-electron chi connectivity index (χ0n) is 13.2. The average molecular weight is 266 g/mol. The second-order valence-electron chi connectivity index (χ2n) is 6.79. The Hall–Kier alpha value is -0.0800. The monoisotopic (exact) mass is 266 g/mol. The van der Waals surface area contributed by atoms with Crippen LogP contribution in [-0.4, -0.2) is 37.1 Å². The van der Waals surface area contributed by atoms with Gasteiger partial charge in [-0.1, -0.05) is 39.5 Å². The predicted octanol–water partition coefficient (Wildman–Crippen LogP) is 3.67. The Labute approximate surface area is 120 Å². The molecule has 0 aromatic carbocycles. The number of hydrogen-bond donors (Lipinski definition) is 1. The van der Waals surface area contributed by atoms with E-state index in [-0.39, 0.29) is 0 Å². The fraction of sp³-hybridized carbons (Fsp3) is 1.00. The molecule has 0 radical (unpaired) electrons. The zero-order chi connectivity index (χ0) is 13.5. The lowest BCUT2D eigenvalue weighted by molar-refractivity contribution is 0.0789. The van der Waals surface area contributed by atoms with Crippen LogP contribution in [0.5, 0.6) is 0 Å². The van der Waals surface area contributed by atoms with E-state index in [2.05, 4.69) is 24.1 Å². The maximum atomic E-state index is 3.75. The van der Waals surface area contributed by atoms with Gasteiger partial charge < -0.3 is 10.2 Å². The number of nitrogens with zero attached hydrogens (tertiary/aromatic N) is 1. The zero-order valence-corrected chi connectivity index (χ0v) is 13.2. The molecule has 2 nitrogen and oxygen atoms in total. The van der Waals surface area contributed by atoms with Crippen LogP contribution in [0.2, 0.25) is 0 Å². The minimum atomic E-state index is 0.727. The SMILES string of the molecule is CCCNC(CCC)CN1CCC2CCCCC2C1. The molecule has 2 aliphatic rings. The van der Waals surface area contributed by atoms with E-state index >= 15 is 0 Å². The first-order chi connectivity index (χ1) is 9.33. The van der Waals surface area contributed by atoms with Gasteiger partial charge in [-0.2, -0.15) is 0 Å². The van der Waals surface area contributed by atoms with Gasteiger partial charge in [0.1, 0.15) is 0 Å². The molecule has 0 bridgehead atoms. The van der Waals surface area contributed by atoms with E-state index < -0.39 is 0 Å². The van der Waals surface area contributed by atoms with Crippen molar-refractivity contribution in [1.82, 2.24) is 10.2 Å². The van der Waals surface area contributed by atoms with Crippen molar-refractivity contribution in [2.45, 2.75) is 71.3 Å². The smallest absolute Gasteiger partial charge is 0.0194 e. The standard InChI is InChI=1S/C17H34N2/c1-3-7-17(18-11-4-2)14-19-12-10-15-8-5-6-9-16(15)13-19/h15-18H,3-14H2,1-2H3. The first-order valence-electron chi connectivity index (χ1n) is 8.79. The molecule has 1 saturated carbocycles. The summed E-state index contributed by atoms with van der Waals surface area (Å²) in [6, 6.07) is 0.727. The molecule has 3 unspecified atom stereocenters. The van der Waals surface area contributed by atoms with Crippen molar-refractivity contribution in [3.63, 3.8) is 0 Å². The second kappa shape index (κ2) is 8.26. The number of nitrogens with one attached hydrogen (secondary N) is 1. The van der Waals surface area contributed by atoms with Crippen molar-refractivity contribution in [2.75, 3.05) is 26.2 Å². The van der Waals surface area contributed by atoms with E-state index in [1.165, 1.54) is 77.5 Å². The molecular weight excluding hydrogens is 232 g/mol. The minimum Gasteiger partial charge on any atom is -0.313 e. The summed E-state index contributed by atoms with van der Waals surface area (Å²) in [6.07, 6.45) is 11.4. The minimum absolute atomic E-state index is 0.727. The third kappa shape index (κ3) is 4.75. The Morgan fingerprint density at radius 3 is 2.58 bits per heavy atom. The Bertz CT molecular complexity index is 241.